The molecule has 120 valence electrons. The van der Waals surface area contributed by atoms with Gasteiger partial charge in [0.05, 0.1) is 6.42 Å². The van der Waals surface area contributed by atoms with Crippen molar-refractivity contribution in [2.75, 3.05) is 18.5 Å². The van der Waals surface area contributed by atoms with Gasteiger partial charge in [0, 0.05) is 0 Å². The van der Waals surface area contributed by atoms with E-state index >= 15 is 0 Å². The first-order valence-corrected chi connectivity index (χ1v) is 7.40. The molecule has 2 aromatic rings. The fourth-order valence-electron chi connectivity index (χ4n) is 2.09. The second-order valence-electron chi connectivity index (χ2n) is 5.00. The summed E-state index contributed by atoms with van der Waals surface area (Å²) in [4.78, 5) is 11.9. The van der Waals surface area contributed by atoms with Gasteiger partial charge in [0.15, 0.2) is 0 Å². The van der Waals surface area contributed by atoms with Gasteiger partial charge in [0.25, 0.3) is 5.91 Å². The molecule has 0 bridgehead atoms. The molecule has 0 atom stereocenters. The Morgan fingerprint density at radius 1 is 1.17 bits per heavy atom. The van der Waals surface area contributed by atoms with E-state index in [-0.39, 0.29) is 11.8 Å². The second kappa shape index (κ2) is 6.95. The first kappa shape index (κ1) is 15.1. The monoisotopic (exact) mass is 315 g/mol. The molecule has 1 aliphatic heterocycles. The average Bonchev–Trinajstić information content (AvgIpc) is 3.03. The van der Waals surface area contributed by atoms with Gasteiger partial charge in [0.2, 0.25) is 11.6 Å². The third-order valence-corrected chi connectivity index (χ3v) is 3.35. The molecule has 2 heterocycles. The molecule has 0 saturated heterocycles. The van der Waals surface area contributed by atoms with E-state index in [9.17, 15) is 4.79 Å². The Balaban J connectivity index is 1.61. The molecule has 0 fully saturated rings. The van der Waals surface area contributed by atoms with Gasteiger partial charge in [-0.2, -0.15) is 0 Å². The normalized spacial score (nSPS) is 13.7. The van der Waals surface area contributed by atoms with Crippen molar-refractivity contribution in [1.29, 1.82) is 0 Å². The molecule has 7 nitrogen and oxygen atoms in total. The van der Waals surface area contributed by atoms with Crippen LogP contribution in [0.2, 0.25) is 0 Å². The first-order valence-electron chi connectivity index (χ1n) is 7.40. The van der Waals surface area contributed by atoms with Crippen LogP contribution in [0.15, 0.2) is 40.7 Å². The molecule has 0 aliphatic carbocycles. The van der Waals surface area contributed by atoms with Gasteiger partial charge in [-0.25, -0.2) is 0 Å². The summed E-state index contributed by atoms with van der Waals surface area (Å²) >= 11 is 0. The van der Waals surface area contributed by atoms with Crippen LogP contribution in [-0.2, 0) is 27.1 Å². The summed E-state index contributed by atoms with van der Waals surface area (Å²) in [6.45, 7) is 2.87. The number of anilines is 1. The maximum Gasteiger partial charge on any atom is 0.322 e. The van der Waals surface area contributed by atoms with E-state index < -0.39 is 5.91 Å². The Kier molecular flexibility index (Phi) is 4.56. The molecule has 3 rings (SSSR count). The van der Waals surface area contributed by atoms with Gasteiger partial charge in [-0.15, -0.1) is 5.10 Å². The van der Waals surface area contributed by atoms with Crippen LogP contribution >= 0.6 is 0 Å². The van der Waals surface area contributed by atoms with Crippen molar-refractivity contribution >= 4 is 11.9 Å². The number of hydrogen-bond donors (Lipinski definition) is 1. The van der Waals surface area contributed by atoms with Gasteiger partial charge < -0.3 is 13.9 Å². The zero-order valence-electron chi connectivity index (χ0n) is 12.7. The molecule has 1 aromatic carbocycles. The van der Waals surface area contributed by atoms with Crippen LogP contribution in [0.1, 0.15) is 23.9 Å². The Hall–Kier alpha value is -2.83. The molecule has 23 heavy (non-hydrogen) atoms. The van der Waals surface area contributed by atoms with Crippen LogP contribution in [0.3, 0.4) is 0 Å². The van der Waals surface area contributed by atoms with Crippen LogP contribution in [-0.4, -0.2) is 29.3 Å². The van der Waals surface area contributed by atoms with Gasteiger partial charge in [0.1, 0.15) is 19.5 Å². The highest BCUT2D eigenvalue weighted by Gasteiger charge is 2.18. The summed E-state index contributed by atoms with van der Waals surface area (Å²) in [6.07, 6.45) is 2.78. The number of hydrogen-bond acceptors (Lipinski definition) is 6. The highest BCUT2D eigenvalue weighted by Crippen LogP contribution is 2.14. The molecule has 1 amide bonds. The number of carbonyl (C=O) groups excluding carboxylic acids is 1. The first-order chi connectivity index (χ1) is 11.2. The van der Waals surface area contributed by atoms with Crippen LogP contribution < -0.4 is 5.32 Å². The number of rotatable bonds is 5. The third kappa shape index (κ3) is 3.88. The van der Waals surface area contributed by atoms with Crippen LogP contribution in [0, 0.1) is 0 Å². The fraction of sp³-hybridized carbons (Fsp3) is 0.312. The van der Waals surface area contributed by atoms with E-state index in [1.165, 1.54) is 11.8 Å². The van der Waals surface area contributed by atoms with Crippen molar-refractivity contribution in [3.63, 3.8) is 0 Å². The van der Waals surface area contributed by atoms with E-state index in [0.29, 0.717) is 25.5 Å². The number of nitrogens with zero attached hydrogens (tertiary/aromatic N) is 2. The second-order valence-corrected chi connectivity index (χ2v) is 5.00. The quantitative estimate of drug-likeness (QED) is 0.908. The average molecular weight is 315 g/mol. The van der Waals surface area contributed by atoms with Crippen molar-refractivity contribution in [2.24, 2.45) is 0 Å². The number of benzene rings is 1. The van der Waals surface area contributed by atoms with Gasteiger partial charge >= 0.3 is 6.01 Å². The van der Waals surface area contributed by atoms with Gasteiger partial charge in [-0.05, 0) is 17.5 Å². The lowest BCUT2D eigenvalue weighted by molar-refractivity contribution is -0.117. The summed E-state index contributed by atoms with van der Waals surface area (Å²) in [7, 11) is 0. The van der Waals surface area contributed by atoms with Crippen LogP contribution in [0.4, 0.5) is 6.01 Å². The summed E-state index contributed by atoms with van der Waals surface area (Å²) in [6, 6.07) is 8.23. The molecule has 0 saturated carbocycles. The number of aryl methyl sites for hydroxylation is 1. The lowest BCUT2D eigenvalue weighted by atomic mass is 10.1. The summed E-state index contributed by atoms with van der Waals surface area (Å²) in [5, 5.41) is 10.2. The Morgan fingerprint density at radius 2 is 1.96 bits per heavy atom. The summed E-state index contributed by atoms with van der Waals surface area (Å²) in [5.41, 5.74) is 2.34. The highest BCUT2D eigenvalue weighted by atomic mass is 16.6. The van der Waals surface area contributed by atoms with E-state index in [1.54, 1.807) is 0 Å². The Morgan fingerprint density at radius 3 is 2.65 bits per heavy atom. The molecule has 1 N–H and O–H groups in total. The molecule has 7 heteroatoms. The smallest absolute Gasteiger partial charge is 0.322 e. The number of aromatic nitrogens is 2. The largest absolute Gasteiger partial charge is 0.494 e. The van der Waals surface area contributed by atoms with Crippen molar-refractivity contribution in [2.45, 2.75) is 19.8 Å². The minimum atomic E-state index is -0.479. The van der Waals surface area contributed by atoms with Crippen molar-refractivity contribution < 1.29 is 18.7 Å². The maximum atomic E-state index is 11.9. The van der Waals surface area contributed by atoms with Crippen LogP contribution in [0.25, 0.3) is 0 Å². The number of amides is 1. The summed E-state index contributed by atoms with van der Waals surface area (Å²) in [5.74, 6) is 0.0395. The van der Waals surface area contributed by atoms with E-state index in [2.05, 4.69) is 34.6 Å². The van der Waals surface area contributed by atoms with Gasteiger partial charge in [-0.1, -0.05) is 36.3 Å². The Bertz CT molecular complexity index is 706. The van der Waals surface area contributed by atoms with Crippen molar-refractivity contribution in [1.82, 2.24) is 10.2 Å². The predicted octanol–water partition coefficient (Wildman–Crippen LogP) is 2.05. The SMILES string of the molecule is CCc1ccc(Cc2nnc(NC(=O)C3=COCCO3)o2)cc1. The van der Waals surface area contributed by atoms with Crippen molar-refractivity contribution in [3.05, 3.63) is 53.3 Å². The molecule has 1 aliphatic rings. The van der Waals surface area contributed by atoms with E-state index in [1.807, 2.05) is 12.1 Å². The van der Waals surface area contributed by atoms with Crippen LogP contribution in [0.5, 0.6) is 0 Å². The zero-order chi connectivity index (χ0) is 16.1. The molecule has 0 unspecified atom stereocenters. The maximum absolute atomic E-state index is 11.9. The fourth-order valence-corrected chi connectivity index (χ4v) is 2.09. The zero-order valence-corrected chi connectivity index (χ0v) is 12.7. The molecule has 1 aromatic heterocycles. The van der Waals surface area contributed by atoms with Gasteiger partial charge in [-0.3, -0.25) is 10.1 Å². The topological polar surface area (TPSA) is 86.5 Å². The number of nitrogens with one attached hydrogen (secondary N) is 1. The standard InChI is InChI=1S/C16H17N3O4/c1-2-11-3-5-12(6-4-11)9-14-18-19-16(23-14)17-15(20)13-10-21-7-8-22-13/h3-6,10H,2,7-9H2,1H3,(H,17,19,20). The van der Waals surface area contributed by atoms with E-state index in [4.69, 9.17) is 13.9 Å². The summed E-state index contributed by atoms with van der Waals surface area (Å²) < 4.78 is 15.6. The lowest BCUT2D eigenvalue weighted by Crippen LogP contribution is -2.21. The molecular formula is C16H17N3O4. The van der Waals surface area contributed by atoms with Crippen molar-refractivity contribution in [3.8, 4) is 0 Å². The lowest BCUT2D eigenvalue weighted by Gasteiger charge is -2.13. The minimum Gasteiger partial charge on any atom is -0.494 e. The highest BCUT2D eigenvalue weighted by molar-refractivity contribution is 6.00. The number of carbonyl (C=O) groups is 1. The molecule has 0 spiro atoms. The van der Waals surface area contributed by atoms with E-state index in [0.717, 1.165) is 12.0 Å². The minimum absolute atomic E-state index is 0.0326. The Labute approximate surface area is 133 Å². The molecular weight excluding hydrogens is 298 g/mol. The molecule has 0 radical (unpaired) electrons. The third-order valence-electron chi connectivity index (χ3n) is 3.35. The number of ether oxygens (including phenoxy) is 2. The predicted molar refractivity (Wildman–Crippen MR) is 81.5 cm³/mol.